The summed E-state index contributed by atoms with van der Waals surface area (Å²) in [7, 11) is 0. The minimum Gasteiger partial charge on any atom is -0.350 e. The Labute approximate surface area is 29.4 Å². The first-order chi connectivity index (χ1) is 2.00. The molecule has 3 heteroatoms. The van der Waals surface area contributed by atoms with Crippen molar-refractivity contribution in [3.05, 3.63) is 6.92 Å². The summed E-state index contributed by atoms with van der Waals surface area (Å²) in [6.45, 7) is 2.44. The SMILES string of the molecule is [CH2]C(N)(O)F. The fraction of sp³-hybridized carbons (Fsp3) is 0.500. The largest absolute Gasteiger partial charge is 0.350 e. The molecule has 3 N–H and O–H groups in total. The summed E-state index contributed by atoms with van der Waals surface area (Å²) in [4.78, 5) is 0. The van der Waals surface area contributed by atoms with Gasteiger partial charge in [0.05, 0.1) is 0 Å². The third kappa shape index (κ3) is 586. The number of alkyl halides is 1. The first-order valence-electron chi connectivity index (χ1n) is 1.05. The Morgan fingerprint density at radius 3 is 2.00 bits per heavy atom. The molecule has 0 heterocycles. The summed E-state index contributed by atoms with van der Waals surface area (Å²) >= 11 is 0. The van der Waals surface area contributed by atoms with Gasteiger partial charge in [-0.3, -0.25) is 5.73 Å². The fourth-order valence-electron chi connectivity index (χ4n) is 0. The van der Waals surface area contributed by atoms with Gasteiger partial charge in [0.25, 0.3) is 5.98 Å². The van der Waals surface area contributed by atoms with Crippen LogP contribution in [0, 0.1) is 6.92 Å². The molecular formula is C2H5FNO. The minimum atomic E-state index is -2.75. The molecule has 1 unspecified atom stereocenters. The Morgan fingerprint density at radius 1 is 2.00 bits per heavy atom. The lowest BCUT2D eigenvalue weighted by molar-refractivity contribution is -0.0375. The molecule has 1 radical (unpaired) electrons. The van der Waals surface area contributed by atoms with Crippen molar-refractivity contribution in [2.45, 2.75) is 5.98 Å². The summed E-state index contributed by atoms with van der Waals surface area (Å²) in [5, 5.41) is 7.52. The average Bonchev–Trinajstić information content (AvgIpc) is 0.722. The molecule has 1 atom stereocenters. The number of nitrogens with two attached hydrogens (primary N) is 1. The lowest BCUT2D eigenvalue weighted by atomic mass is 10.7. The normalized spacial score (nSPS) is 21.6. The van der Waals surface area contributed by atoms with Crippen molar-refractivity contribution < 1.29 is 9.50 Å². The van der Waals surface area contributed by atoms with Crippen molar-refractivity contribution >= 4 is 0 Å². The van der Waals surface area contributed by atoms with Crippen molar-refractivity contribution in [2.75, 3.05) is 0 Å². The summed E-state index contributed by atoms with van der Waals surface area (Å²) in [5.74, 6) is -2.75. The summed E-state index contributed by atoms with van der Waals surface area (Å²) in [5.41, 5.74) is 4.13. The van der Waals surface area contributed by atoms with Crippen LogP contribution in [0.2, 0.25) is 0 Å². The lowest BCUT2D eigenvalue weighted by Gasteiger charge is -1.99. The van der Waals surface area contributed by atoms with Crippen LogP contribution in [-0.2, 0) is 0 Å². The molecule has 0 aliphatic rings. The second-order valence-electron chi connectivity index (χ2n) is 0.819. The molecule has 0 fully saturated rings. The van der Waals surface area contributed by atoms with E-state index >= 15 is 0 Å². The molecule has 0 aromatic carbocycles. The van der Waals surface area contributed by atoms with E-state index in [1.54, 1.807) is 0 Å². The van der Waals surface area contributed by atoms with Gasteiger partial charge in [-0.15, -0.1) is 0 Å². The van der Waals surface area contributed by atoms with Crippen molar-refractivity contribution in [1.82, 2.24) is 0 Å². The molecule has 0 aromatic heterocycles. The molecule has 5 heavy (non-hydrogen) atoms. The van der Waals surface area contributed by atoms with Crippen LogP contribution in [0.15, 0.2) is 0 Å². The molecule has 0 spiro atoms. The van der Waals surface area contributed by atoms with Crippen LogP contribution in [0.3, 0.4) is 0 Å². The number of halogens is 1. The van der Waals surface area contributed by atoms with Crippen LogP contribution in [0.5, 0.6) is 0 Å². The predicted octanol–water partition coefficient (Wildman–Crippen LogP) is -0.605. The van der Waals surface area contributed by atoms with Crippen molar-refractivity contribution in [3.8, 4) is 0 Å². The zero-order valence-electron chi connectivity index (χ0n) is 2.61. The number of hydrogen-bond donors (Lipinski definition) is 2. The van der Waals surface area contributed by atoms with E-state index < -0.39 is 5.98 Å². The topological polar surface area (TPSA) is 46.2 Å². The van der Waals surface area contributed by atoms with Gasteiger partial charge >= 0.3 is 0 Å². The molecule has 0 aliphatic heterocycles. The molecule has 0 rings (SSSR count). The second kappa shape index (κ2) is 0.914. The number of hydrogen-bond acceptors (Lipinski definition) is 2. The second-order valence-corrected chi connectivity index (χ2v) is 0.819. The van der Waals surface area contributed by atoms with E-state index in [4.69, 9.17) is 5.11 Å². The van der Waals surface area contributed by atoms with Gasteiger partial charge in [-0.05, 0) is 0 Å². The third-order valence-electron chi connectivity index (χ3n) is 0. The van der Waals surface area contributed by atoms with E-state index in [2.05, 4.69) is 12.7 Å². The molecule has 2 nitrogen and oxygen atoms in total. The molecule has 0 saturated heterocycles. The Hall–Kier alpha value is -0.150. The van der Waals surface area contributed by atoms with Crippen LogP contribution >= 0.6 is 0 Å². The molecular weight excluding hydrogens is 73.0 g/mol. The third-order valence-corrected chi connectivity index (χ3v) is 0. The predicted molar refractivity (Wildman–Crippen MR) is 15.6 cm³/mol. The van der Waals surface area contributed by atoms with Gasteiger partial charge in [-0.1, -0.05) is 0 Å². The van der Waals surface area contributed by atoms with Crippen LogP contribution in [0.1, 0.15) is 0 Å². The van der Waals surface area contributed by atoms with Gasteiger partial charge in [0.15, 0.2) is 0 Å². The molecule has 0 saturated carbocycles. The van der Waals surface area contributed by atoms with E-state index in [-0.39, 0.29) is 0 Å². The maximum absolute atomic E-state index is 10.9. The standard InChI is InChI=1S/C2H5FNO/c1-2(3,4)5/h5H,1,4H2. The maximum atomic E-state index is 10.9. The smallest absolute Gasteiger partial charge is 0.261 e. The van der Waals surface area contributed by atoms with E-state index in [0.29, 0.717) is 0 Å². The summed E-state index contributed by atoms with van der Waals surface area (Å²) in [6, 6.07) is 0. The van der Waals surface area contributed by atoms with E-state index in [1.807, 2.05) is 0 Å². The highest BCUT2D eigenvalue weighted by Crippen LogP contribution is 1.86. The Kier molecular flexibility index (Phi) is 0.886. The van der Waals surface area contributed by atoms with Gasteiger partial charge in [0.1, 0.15) is 0 Å². The van der Waals surface area contributed by atoms with Crippen LogP contribution in [-0.4, -0.2) is 11.1 Å². The lowest BCUT2D eigenvalue weighted by Crippen LogP contribution is -2.29. The number of aliphatic hydroxyl groups is 1. The summed E-state index contributed by atoms with van der Waals surface area (Å²) in [6.07, 6.45) is 0. The van der Waals surface area contributed by atoms with Gasteiger partial charge in [-0.2, -0.15) is 4.39 Å². The minimum absolute atomic E-state index is 2.44. The quantitative estimate of drug-likeness (QED) is 0.300. The monoisotopic (exact) mass is 78.0 g/mol. The Balaban J connectivity index is 3.02. The van der Waals surface area contributed by atoms with Crippen LogP contribution in [0.4, 0.5) is 4.39 Å². The molecule has 0 aromatic rings. The Morgan fingerprint density at radius 2 is 2.00 bits per heavy atom. The van der Waals surface area contributed by atoms with Crippen molar-refractivity contribution in [3.63, 3.8) is 0 Å². The van der Waals surface area contributed by atoms with Crippen LogP contribution in [0.25, 0.3) is 0 Å². The summed E-state index contributed by atoms with van der Waals surface area (Å²) < 4.78 is 10.9. The highest BCUT2D eigenvalue weighted by molar-refractivity contribution is 4.52. The average molecular weight is 78.1 g/mol. The highest BCUT2D eigenvalue weighted by atomic mass is 19.2. The van der Waals surface area contributed by atoms with Gasteiger partial charge in [-0.25, -0.2) is 0 Å². The zero-order valence-corrected chi connectivity index (χ0v) is 2.61. The van der Waals surface area contributed by atoms with Crippen molar-refractivity contribution in [1.29, 1.82) is 0 Å². The molecule has 0 aliphatic carbocycles. The Bertz CT molecular complexity index is 25.1. The maximum Gasteiger partial charge on any atom is 0.261 e. The van der Waals surface area contributed by atoms with E-state index in [9.17, 15) is 4.39 Å². The first-order valence-corrected chi connectivity index (χ1v) is 1.05. The fourth-order valence-corrected chi connectivity index (χ4v) is 0. The van der Waals surface area contributed by atoms with Gasteiger partial charge in [0, 0.05) is 6.92 Å². The molecule has 0 amide bonds. The highest BCUT2D eigenvalue weighted by Gasteiger charge is 2.05. The molecule has 31 valence electrons. The van der Waals surface area contributed by atoms with Crippen molar-refractivity contribution in [2.24, 2.45) is 5.73 Å². The van der Waals surface area contributed by atoms with Crippen LogP contribution < -0.4 is 5.73 Å². The number of rotatable bonds is 0. The molecule has 0 bridgehead atoms. The van der Waals surface area contributed by atoms with E-state index in [0.717, 1.165) is 0 Å². The first kappa shape index (κ1) is 4.85. The zero-order chi connectivity index (χ0) is 4.50. The van der Waals surface area contributed by atoms with Gasteiger partial charge < -0.3 is 5.11 Å². The van der Waals surface area contributed by atoms with E-state index in [1.165, 1.54) is 0 Å². The van der Waals surface area contributed by atoms with Gasteiger partial charge in [0.2, 0.25) is 0 Å².